The third-order valence-electron chi connectivity index (χ3n) is 4.58. The van der Waals surface area contributed by atoms with Crippen molar-refractivity contribution in [3.05, 3.63) is 70.8 Å². The summed E-state index contributed by atoms with van der Waals surface area (Å²) in [5, 5.41) is 0. The zero-order valence-electron chi connectivity index (χ0n) is 11.4. The molecule has 1 fully saturated rings. The molecule has 2 heteroatoms. The number of fused-ring (bicyclic) bond motifs is 1. The third-order valence-corrected chi connectivity index (χ3v) is 4.58. The van der Waals surface area contributed by atoms with Crippen LogP contribution in [0.15, 0.2) is 48.5 Å². The van der Waals surface area contributed by atoms with Gasteiger partial charge < -0.3 is 4.74 Å². The van der Waals surface area contributed by atoms with E-state index in [0.717, 1.165) is 29.5 Å². The molecule has 2 aliphatic rings. The molecular weight excluding hydrogens is 248 g/mol. The lowest BCUT2D eigenvalue weighted by atomic mass is 9.79. The minimum Gasteiger partial charge on any atom is -0.352 e. The summed E-state index contributed by atoms with van der Waals surface area (Å²) in [6.45, 7) is 2.08. The lowest BCUT2D eigenvalue weighted by molar-refractivity contribution is 0.0850. The summed E-state index contributed by atoms with van der Waals surface area (Å²) in [4.78, 5) is 12.8. The maximum Gasteiger partial charge on any atom is 0.198 e. The highest BCUT2D eigenvalue weighted by atomic mass is 16.6. The Balaban J connectivity index is 1.73. The Kier molecular flexibility index (Phi) is 2.39. The number of carbonyl (C=O) groups is 1. The monoisotopic (exact) mass is 264 g/mol. The fourth-order valence-electron chi connectivity index (χ4n) is 3.36. The maximum atomic E-state index is 12.8. The van der Waals surface area contributed by atoms with Crippen LogP contribution in [0.5, 0.6) is 0 Å². The van der Waals surface area contributed by atoms with E-state index in [-0.39, 0.29) is 11.9 Å². The number of ether oxygens (including phenoxy) is 1. The van der Waals surface area contributed by atoms with Crippen molar-refractivity contribution in [2.75, 3.05) is 0 Å². The number of Topliss-reactive ketones (excluding diaryl/α,β-unsaturated/α-hetero) is 1. The largest absolute Gasteiger partial charge is 0.352 e. The Morgan fingerprint density at radius 3 is 2.70 bits per heavy atom. The van der Waals surface area contributed by atoms with Gasteiger partial charge in [-0.25, -0.2) is 0 Å². The number of ketones is 1. The van der Waals surface area contributed by atoms with Gasteiger partial charge in [0.2, 0.25) is 0 Å². The van der Waals surface area contributed by atoms with Gasteiger partial charge in [-0.1, -0.05) is 48.5 Å². The van der Waals surface area contributed by atoms with Gasteiger partial charge in [-0.3, -0.25) is 4.79 Å². The summed E-state index contributed by atoms with van der Waals surface area (Å²) >= 11 is 0. The van der Waals surface area contributed by atoms with E-state index in [1.54, 1.807) is 0 Å². The molecule has 0 amide bonds. The predicted molar refractivity (Wildman–Crippen MR) is 76.8 cm³/mol. The van der Waals surface area contributed by atoms with Gasteiger partial charge in [0, 0.05) is 5.56 Å². The summed E-state index contributed by atoms with van der Waals surface area (Å²) in [7, 11) is 0. The van der Waals surface area contributed by atoms with Crippen molar-refractivity contribution < 1.29 is 9.53 Å². The van der Waals surface area contributed by atoms with Gasteiger partial charge in [0.25, 0.3) is 0 Å². The van der Waals surface area contributed by atoms with Gasteiger partial charge in [-0.2, -0.15) is 0 Å². The molecule has 0 aromatic heterocycles. The fraction of sp³-hybridized carbons (Fsp3) is 0.278. The van der Waals surface area contributed by atoms with E-state index in [9.17, 15) is 4.79 Å². The third kappa shape index (κ3) is 1.52. The first-order valence-corrected chi connectivity index (χ1v) is 7.08. The Morgan fingerprint density at radius 2 is 1.85 bits per heavy atom. The van der Waals surface area contributed by atoms with Crippen molar-refractivity contribution in [2.45, 2.75) is 31.5 Å². The predicted octanol–water partition coefficient (Wildman–Crippen LogP) is 3.63. The smallest absolute Gasteiger partial charge is 0.198 e. The minimum atomic E-state index is -0.597. The van der Waals surface area contributed by atoms with Gasteiger partial charge in [-0.05, 0) is 36.5 Å². The summed E-state index contributed by atoms with van der Waals surface area (Å²) < 4.78 is 5.93. The van der Waals surface area contributed by atoms with Crippen LogP contribution in [0.1, 0.15) is 39.6 Å². The number of hydrogen-bond donors (Lipinski definition) is 0. The van der Waals surface area contributed by atoms with Crippen LogP contribution < -0.4 is 0 Å². The van der Waals surface area contributed by atoms with Gasteiger partial charge in [0.05, 0.1) is 0 Å². The first kappa shape index (κ1) is 11.9. The highest BCUT2D eigenvalue weighted by molar-refractivity contribution is 6.07. The van der Waals surface area contributed by atoms with Crippen LogP contribution in [0.25, 0.3) is 0 Å². The Bertz CT molecular complexity index is 704. The maximum absolute atomic E-state index is 12.8. The molecule has 0 saturated carbocycles. The average Bonchev–Trinajstić information content (AvgIpc) is 3.19. The Morgan fingerprint density at radius 1 is 1.10 bits per heavy atom. The van der Waals surface area contributed by atoms with Crippen molar-refractivity contribution in [2.24, 2.45) is 0 Å². The van der Waals surface area contributed by atoms with Crippen LogP contribution in [0.3, 0.4) is 0 Å². The van der Waals surface area contributed by atoms with Crippen molar-refractivity contribution in [3.8, 4) is 0 Å². The average molecular weight is 264 g/mol. The molecule has 1 spiro atoms. The topological polar surface area (TPSA) is 29.6 Å². The highest BCUT2D eigenvalue weighted by Crippen LogP contribution is 2.56. The molecule has 0 N–H and O–H groups in total. The molecule has 1 aliphatic carbocycles. The van der Waals surface area contributed by atoms with E-state index in [0.29, 0.717) is 0 Å². The van der Waals surface area contributed by atoms with Crippen LogP contribution in [0, 0.1) is 6.92 Å². The molecule has 2 atom stereocenters. The normalized spacial score (nSPS) is 27.4. The number of hydrogen-bond acceptors (Lipinski definition) is 2. The SMILES string of the molecule is Cc1ccccc1C1OC12CCc1ccccc1C2=O. The van der Waals surface area contributed by atoms with Gasteiger partial charge in [0.1, 0.15) is 6.10 Å². The number of aryl methyl sites for hydroxylation is 2. The Labute approximate surface area is 118 Å². The van der Waals surface area contributed by atoms with Crippen LogP contribution in [-0.4, -0.2) is 11.4 Å². The van der Waals surface area contributed by atoms with Crippen molar-refractivity contribution in [1.82, 2.24) is 0 Å². The first-order chi connectivity index (χ1) is 9.72. The van der Waals surface area contributed by atoms with Crippen LogP contribution in [-0.2, 0) is 11.2 Å². The van der Waals surface area contributed by atoms with Crippen molar-refractivity contribution in [3.63, 3.8) is 0 Å². The van der Waals surface area contributed by atoms with E-state index in [2.05, 4.69) is 19.1 Å². The number of epoxide rings is 1. The molecule has 2 aromatic rings. The van der Waals surface area contributed by atoms with E-state index in [1.165, 1.54) is 5.56 Å². The zero-order valence-corrected chi connectivity index (χ0v) is 11.4. The quantitative estimate of drug-likeness (QED) is 0.736. The molecule has 1 aliphatic heterocycles. The second kappa shape index (κ2) is 4.03. The summed E-state index contributed by atoms with van der Waals surface area (Å²) in [5.74, 6) is 0.160. The van der Waals surface area contributed by atoms with Crippen LogP contribution in [0.2, 0.25) is 0 Å². The first-order valence-electron chi connectivity index (χ1n) is 7.08. The Hall–Kier alpha value is -1.93. The van der Waals surface area contributed by atoms with Crippen LogP contribution in [0.4, 0.5) is 0 Å². The molecule has 4 rings (SSSR count). The molecule has 1 saturated heterocycles. The number of carbonyl (C=O) groups excluding carboxylic acids is 1. The fourth-order valence-corrected chi connectivity index (χ4v) is 3.36. The molecule has 2 unspecified atom stereocenters. The van der Waals surface area contributed by atoms with E-state index in [4.69, 9.17) is 4.74 Å². The molecule has 0 radical (unpaired) electrons. The van der Waals surface area contributed by atoms with E-state index in [1.807, 2.05) is 36.4 Å². The molecule has 2 nitrogen and oxygen atoms in total. The van der Waals surface area contributed by atoms with Gasteiger partial charge >= 0.3 is 0 Å². The summed E-state index contributed by atoms with van der Waals surface area (Å²) in [6.07, 6.45) is 1.65. The molecule has 20 heavy (non-hydrogen) atoms. The molecule has 2 aromatic carbocycles. The summed E-state index contributed by atoms with van der Waals surface area (Å²) in [6, 6.07) is 16.1. The summed E-state index contributed by atoms with van der Waals surface area (Å²) in [5.41, 5.74) is 3.75. The lowest BCUT2D eigenvalue weighted by Gasteiger charge is -2.21. The second-order valence-electron chi connectivity index (χ2n) is 5.73. The number of rotatable bonds is 1. The van der Waals surface area contributed by atoms with Crippen LogP contribution >= 0.6 is 0 Å². The molecular formula is C18H16O2. The van der Waals surface area contributed by atoms with E-state index >= 15 is 0 Å². The molecule has 1 heterocycles. The van der Waals surface area contributed by atoms with Gasteiger partial charge in [0.15, 0.2) is 11.4 Å². The highest BCUT2D eigenvalue weighted by Gasteiger charge is 2.64. The van der Waals surface area contributed by atoms with E-state index < -0.39 is 5.60 Å². The standard InChI is InChI=1S/C18H16O2/c1-12-6-2-4-8-14(12)17-18(20-17)11-10-13-7-3-5-9-15(13)16(18)19/h2-9,17H,10-11H2,1H3. The zero-order chi connectivity index (χ0) is 13.7. The minimum absolute atomic E-state index is 0.0652. The number of benzene rings is 2. The second-order valence-corrected chi connectivity index (χ2v) is 5.73. The lowest BCUT2D eigenvalue weighted by Crippen LogP contribution is -2.31. The van der Waals surface area contributed by atoms with Crippen molar-refractivity contribution >= 4 is 5.78 Å². The molecule has 100 valence electrons. The van der Waals surface area contributed by atoms with Crippen molar-refractivity contribution in [1.29, 1.82) is 0 Å². The molecule has 0 bridgehead atoms. The van der Waals surface area contributed by atoms with Gasteiger partial charge in [-0.15, -0.1) is 0 Å².